The van der Waals surface area contributed by atoms with E-state index in [1.807, 2.05) is 30.3 Å². The highest BCUT2D eigenvalue weighted by molar-refractivity contribution is 8.26. The smallest absolute Gasteiger partial charge is 0.270 e. The number of benzene rings is 1. The largest absolute Gasteiger partial charge is 0.497 e. The van der Waals surface area contributed by atoms with Gasteiger partial charge in [-0.15, -0.1) is 0 Å². The molecule has 0 saturated carbocycles. The first-order valence-corrected chi connectivity index (χ1v) is 12.3. The van der Waals surface area contributed by atoms with Crippen LogP contribution in [-0.2, 0) is 18.3 Å². The third-order valence-corrected chi connectivity index (χ3v) is 7.68. The molecule has 2 aliphatic heterocycles. The number of carbonyl (C=O) groups excluding carboxylic acids is 1. The molecular weight excluding hydrogens is 468 g/mol. The minimum Gasteiger partial charge on any atom is -0.497 e. The summed E-state index contributed by atoms with van der Waals surface area (Å²) in [5.41, 5.74) is 2.20. The molecule has 2 aromatic rings. The van der Waals surface area contributed by atoms with E-state index in [0.29, 0.717) is 27.8 Å². The molecule has 7 nitrogen and oxygen atoms in total. The second kappa shape index (κ2) is 10.0. The Bertz CT molecular complexity index is 1270. The molecule has 0 aliphatic carbocycles. The van der Waals surface area contributed by atoms with Gasteiger partial charge in [-0.05, 0) is 55.5 Å². The third-order valence-electron chi connectivity index (χ3n) is 6.31. The summed E-state index contributed by atoms with van der Waals surface area (Å²) in [4.78, 5) is 30.4. The molecule has 0 bridgehead atoms. The van der Waals surface area contributed by atoms with Gasteiger partial charge >= 0.3 is 0 Å². The van der Waals surface area contributed by atoms with Crippen molar-refractivity contribution in [2.75, 3.05) is 31.6 Å². The van der Waals surface area contributed by atoms with Crippen LogP contribution in [0.2, 0.25) is 0 Å². The van der Waals surface area contributed by atoms with E-state index in [2.05, 4.69) is 4.90 Å². The lowest BCUT2D eigenvalue weighted by Gasteiger charge is -2.25. The molecule has 176 valence electrons. The number of pyridine rings is 1. The first kappa shape index (κ1) is 24.0. The van der Waals surface area contributed by atoms with E-state index < -0.39 is 0 Å². The summed E-state index contributed by atoms with van der Waals surface area (Å²) in [5, 5.41) is 9.61. The summed E-state index contributed by atoms with van der Waals surface area (Å²) in [5.74, 6) is 1.39. The fourth-order valence-electron chi connectivity index (χ4n) is 4.38. The van der Waals surface area contributed by atoms with Crippen molar-refractivity contribution in [2.45, 2.75) is 26.2 Å². The van der Waals surface area contributed by atoms with Crippen LogP contribution in [0, 0.1) is 18.3 Å². The zero-order valence-corrected chi connectivity index (χ0v) is 21.1. The molecule has 1 aromatic heterocycles. The summed E-state index contributed by atoms with van der Waals surface area (Å²) >= 11 is 6.78. The number of nitriles is 1. The number of aromatic nitrogens is 1. The summed E-state index contributed by atoms with van der Waals surface area (Å²) in [6, 6.07) is 9.80. The van der Waals surface area contributed by atoms with Gasteiger partial charge in [0.05, 0.1) is 12.0 Å². The van der Waals surface area contributed by atoms with Crippen molar-refractivity contribution in [3.05, 3.63) is 61.8 Å². The molecular formula is C25H26N4O3S2. The van der Waals surface area contributed by atoms with Crippen molar-refractivity contribution in [3.63, 3.8) is 0 Å². The second-order valence-electron chi connectivity index (χ2n) is 8.34. The minimum atomic E-state index is -0.314. The maximum Gasteiger partial charge on any atom is 0.270 e. The van der Waals surface area contributed by atoms with Gasteiger partial charge in [0.1, 0.15) is 27.5 Å². The summed E-state index contributed by atoms with van der Waals surface area (Å²) < 4.78 is 7.24. The molecule has 34 heavy (non-hydrogen) atoms. The highest BCUT2D eigenvalue weighted by atomic mass is 32.2. The Morgan fingerprint density at radius 2 is 1.88 bits per heavy atom. The van der Waals surface area contributed by atoms with Crippen molar-refractivity contribution in [2.24, 2.45) is 7.05 Å². The Kier molecular flexibility index (Phi) is 7.10. The molecule has 0 unspecified atom stereocenters. The van der Waals surface area contributed by atoms with Gasteiger partial charge in [0.15, 0.2) is 0 Å². The van der Waals surface area contributed by atoms with Crippen LogP contribution in [0.5, 0.6) is 5.75 Å². The van der Waals surface area contributed by atoms with Gasteiger partial charge in [0.25, 0.3) is 11.5 Å². The molecule has 4 rings (SSSR count). The van der Waals surface area contributed by atoms with E-state index >= 15 is 0 Å². The number of thioether (sulfide) groups is 1. The minimum absolute atomic E-state index is 0.103. The van der Waals surface area contributed by atoms with Gasteiger partial charge in [0.2, 0.25) is 0 Å². The lowest BCUT2D eigenvalue weighted by atomic mass is 10.0. The van der Waals surface area contributed by atoms with Crippen molar-refractivity contribution in [1.29, 1.82) is 5.26 Å². The fourth-order valence-corrected chi connectivity index (χ4v) is 5.67. The van der Waals surface area contributed by atoms with Gasteiger partial charge in [-0.1, -0.05) is 36.1 Å². The zero-order chi connectivity index (χ0) is 24.4. The molecule has 0 N–H and O–H groups in total. The van der Waals surface area contributed by atoms with Crippen molar-refractivity contribution in [3.8, 4) is 11.8 Å². The van der Waals surface area contributed by atoms with E-state index in [4.69, 9.17) is 17.0 Å². The first-order chi connectivity index (χ1) is 16.3. The molecule has 9 heteroatoms. The van der Waals surface area contributed by atoms with Gasteiger partial charge in [-0.2, -0.15) is 5.26 Å². The number of amides is 1. The second-order valence-corrected chi connectivity index (χ2v) is 10.0. The van der Waals surface area contributed by atoms with Gasteiger partial charge < -0.3 is 9.64 Å². The van der Waals surface area contributed by atoms with Crippen LogP contribution in [0.25, 0.3) is 6.08 Å². The first-order valence-electron chi connectivity index (χ1n) is 11.1. The average molecular weight is 495 g/mol. The number of anilines is 1. The lowest BCUT2D eigenvalue weighted by Crippen LogP contribution is -2.31. The quantitative estimate of drug-likeness (QED) is 0.448. The average Bonchev–Trinajstić information content (AvgIpc) is 3.45. The van der Waals surface area contributed by atoms with Crippen LogP contribution in [0.15, 0.2) is 34.0 Å². The SMILES string of the molecule is COc1ccc(CCN2C(=O)/C(=C/c3c(C)c(C#N)c(=O)n(C)c3N3CCCC3)SC2=S)cc1. The van der Waals surface area contributed by atoms with Crippen LogP contribution in [-0.4, -0.2) is 46.4 Å². The number of methoxy groups -OCH3 is 1. The lowest BCUT2D eigenvalue weighted by molar-refractivity contribution is -0.122. The van der Waals surface area contributed by atoms with E-state index in [1.165, 1.54) is 16.3 Å². The highest BCUT2D eigenvalue weighted by Gasteiger charge is 2.33. The number of hydrogen-bond donors (Lipinski definition) is 0. The Balaban J connectivity index is 1.65. The molecule has 1 amide bonds. The number of hydrogen-bond acceptors (Lipinski definition) is 7. The maximum atomic E-state index is 13.3. The monoisotopic (exact) mass is 494 g/mol. The molecule has 2 saturated heterocycles. The van der Waals surface area contributed by atoms with E-state index in [9.17, 15) is 14.9 Å². The number of rotatable bonds is 6. The maximum absolute atomic E-state index is 13.3. The van der Waals surface area contributed by atoms with Gasteiger partial charge in [0, 0.05) is 32.2 Å². The van der Waals surface area contributed by atoms with Gasteiger partial charge in [-0.3, -0.25) is 19.1 Å². The summed E-state index contributed by atoms with van der Waals surface area (Å²) in [6.07, 6.45) is 4.55. The van der Waals surface area contributed by atoms with E-state index in [0.717, 1.165) is 48.6 Å². The molecule has 0 spiro atoms. The molecule has 0 atom stereocenters. The van der Waals surface area contributed by atoms with Crippen LogP contribution in [0.3, 0.4) is 0 Å². The predicted octanol–water partition coefficient (Wildman–Crippen LogP) is 3.62. The Morgan fingerprint density at radius 3 is 2.50 bits per heavy atom. The predicted molar refractivity (Wildman–Crippen MR) is 139 cm³/mol. The number of ether oxygens (including phenoxy) is 1. The normalized spacial score (nSPS) is 17.1. The van der Waals surface area contributed by atoms with Gasteiger partial charge in [-0.25, -0.2) is 0 Å². The molecule has 2 aliphatic rings. The zero-order valence-electron chi connectivity index (χ0n) is 19.5. The standard InChI is InChI=1S/C25H26N4O3S2/c1-16-19(22(28-11-4-5-12-28)27(2)23(30)20(16)15-26)14-21-24(31)29(25(33)34-21)13-10-17-6-8-18(32-3)9-7-17/h6-9,14H,4-5,10-13H2,1-3H3/b21-14-. The third kappa shape index (κ3) is 4.48. The molecule has 0 radical (unpaired) electrons. The van der Waals surface area contributed by atoms with Crippen LogP contribution < -0.4 is 15.2 Å². The topological polar surface area (TPSA) is 78.6 Å². The molecule has 3 heterocycles. The molecule has 1 aromatic carbocycles. The fraction of sp³-hybridized carbons (Fsp3) is 0.360. The van der Waals surface area contributed by atoms with Crippen molar-refractivity contribution >= 4 is 46.1 Å². The summed E-state index contributed by atoms with van der Waals surface area (Å²) in [6.45, 7) is 3.92. The van der Waals surface area contributed by atoms with Crippen LogP contribution in [0.4, 0.5) is 5.82 Å². The van der Waals surface area contributed by atoms with Crippen molar-refractivity contribution < 1.29 is 9.53 Å². The van der Waals surface area contributed by atoms with Crippen molar-refractivity contribution in [1.82, 2.24) is 9.47 Å². The van der Waals surface area contributed by atoms with E-state index in [-0.39, 0.29) is 17.0 Å². The Hall–Kier alpha value is -3.09. The number of carbonyl (C=O) groups is 1. The molecule has 2 fully saturated rings. The highest BCUT2D eigenvalue weighted by Crippen LogP contribution is 2.36. The Morgan fingerprint density at radius 1 is 1.21 bits per heavy atom. The Labute approximate surface area is 208 Å². The summed E-state index contributed by atoms with van der Waals surface area (Å²) in [7, 11) is 3.32. The number of nitrogens with zero attached hydrogens (tertiary/aromatic N) is 4. The van der Waals surface area contributed by atoms with Crippen LogP contribution >= 0.6 is 24.0 Å². The van der Waals surface area contributed by atoms with Crippen LogP contribution in [0.1, 0.15) is 35.1 Å². The van der Waals surface area contributed by atoms with E-state index in [1.54, 1.807) is 32.1 Å². The number of thiocarbonyl (C=S) groups is 1.